The van der Waals surface area contributed by atoms with E-state index in [2.05, 4.69) is 42.2 Å². The molecule has 1 aromatic heterocycles. The smallest absolute Gasteiger partial charge is 0.0645 e. The van der Waals surface area contributed by atoms with Crippen LogP contribution in [0.15, 0.2) is 18.5 Å². The fourth-order valence-corrected chi connectivity index (χ4v) is 1.86. The van der Waals surface area contributed by atoms with Gasteiger partial charge in [0.1, 0.15) is 0 Å². The Morgan fingerprint density at radius 1 is 1.38 bits per heavy atom. The fraction of sp³-hybridized carbons (Fsp3) is 0.692. The minimum absolute atomic E-state index is 0.485. The number of hydrogen-bond acceptors (Lipinski definition) is 2. The lowest BCUT2D eigenvalue weighted by atomic mass is 10.1. The van der Waals surface area contributed by atoms with E-state index >= 15 is 0 Å². The molecule has 16 heavy (non-hydrogen) atoms. The summed E-state index contributed by atoms with van der Waals surface area (Å²) in [6, 6.07) is 2.68. The zero-order valence-corrected chi connectivity index (χ0v) is 10.7. The molecule has 92 valence electrons. The quantitative estimate of drug-likeness (QED) is 0.687. The van der Waals surface area contributed by atoms with Crippen molar-refractivity contribution in [3.63, 3.8) is 0 Å². The van der Waals surface area contributed by atoms with Gasteiger partial charge in [0.25, 0.3) is 0 Å². The molecular weight excluding hydrogens is 200 g/mol. The van der Waals surface area contributed by atoms with E-state index in [0.29, 0.717) is 6.04 Å². The first-order valence-electron chi connectivity index (χ1n) is 6.28. The number of ether oxygens (including phenoxy) is 1. The summed E-state index contributed by atoms with van der Waals surface area (Å²) in [7, 11) is 0. The van der Waals surface area contributed by atoms with Crippen LogP contribution in [0.25, 0.3) is 0 Å². The molecule has 1 N–H and O–H groups in total. The van der Waals surface area contributed by atoms with Gasteiger partial charge in [0.15, 0.2) is 0 Å². The van der Waals surface area contributed by atoms with E-state index in [9.17, 15) is 0 Å². The van der Waals surface area contributed by atoms with E-state index in [1.807, 2.05) is 6.92 Å². The summed E-state index contributed by atoms with van der Waals surface area (Å²) in [6.45, 7) is 9.93. The van der Waals surface area contributed by atoms with E-state index in [1.165, 1.54) is 5.56 Å². The van der Waals surface area contributed by atoms with Crippen LogP contribution in [0.5, 0.6) is 0 Å². The molecule has 0 aromatic carbocycles. The minimum atomic E-state index is 0.485. The van der Waals surface area contributed by atoms with Crippen molar-refractivity contribution in [1.82, 2.24) is 9.88 Å². The number of nitrogens with zero attached hydrogens (tertiary/aromatic N) is 1. The van der Waals surface area contributed by atoms with Crippen molar-refractivity contribution in [2.24, 2.45) is 0 Å². The Labute approximate surface area is 98.8 Å². The van der Waals surface area contributed by atoms with Crippen molar-refractivity contribution in [1.29, 1.82) is 0 Å². The van der Waals surface area contributed by atoms with Crippen LogP contribution in [0.1, 0.15) is 38.8 Å². The summed E-state index contributed by atoms with van der Waals surface area (Å²) in [6.07, 6.45) is 5.48. The van der Waals surface area contributed by atoms with Crippen LogP contribution in [0.2, 0.25) is 0 Å². The standard InChI is InChI=1S/C13H24N2O/c1-4-13(14-5-2)12-7-8-15(11-12)9-10-16-6-3/h7-8,11,13-14H,4-6,9-10H2,1-3H3. The van der Waals surface area contributed by atoms with Gasteiger partial charge in [-0.1, -0.05) is 13.8 Å². The predicted molar refractivity (Wildman–Crippen MR) is 67.6 cm³/mol. The van der Waals surface area contributed by atoms with Gasteiger partial charge in [0, 0.05) is 31.6 Å². The van der Waals surface area contributed by atoms with Gasteiger partial charge >= 0.3 is 0 Å². The van der Waals surface area contributed by atoms with Crippen LogP contribution >= 0.6 is 0 Å². The Morgan fingerprint density at radius 2 is 2.19 bits per heavy atom. The number of nitrogens with one attached hydrogen (secondary N) is 1. The Kier molecular flexibility index (Phi) is 6.19. The molecule has 0 saturated heterocycles. The van der Waals surface area contributed by atoms with Crippen molar-refractivity contribution in [3.8, 4) is 0 Å². The molecule has 0 bridgehead atoms. The van der Waals surface area contributed by atoms with E-state index in [-0.39, 0.29) is 0 Å². The highest BCUT2D eigenvalue weighted by Gasteiger charge is 2.08. The van der Waals surface area contributed by atoms with Crippen LogP contribution in [0.4, 0.5) is 0 Å². The maximum absolute atomic E-state index is 5.34. The molecule has 0 spiro atoms. The molecular formula is C13H24N2O. The lowest BCUT2D eigenvalue weighted by Crippen LogP contribution is -2.19. The molecule has 1 aromatic rings. The first kappa shape index (κ1) is 13.3. The second-order valence-electron chi connectivity index (χ2n) is 3.90. The van der Waals surface area contributed by atoms with Gasteiger partial charge in [-0.3, -0.25) is 0 Å². The van der Waals surface area contributed by atoms with Crippen LogP contribution < -0.4 is 5.32 Å². The van der Waals surface area contributed by atoms with Crippen LogP contribution in [-0.2, 0) is 11.3 Å². The van der Waals surface area contributed by atoms with Crippen LogP contribution in [0, 0.1) is 0 Å². The molecule has 0 radical (unpaired) electrons. The number of aromatic nitrogens is 1. The largest absolute Gasteiger partial charge is 0.380 e. The monoisotopic (exact) mass is 224 g/mol. The third-order valence-electron chi connectivity index (χ3n) is 2.73. The maximum atomic E-state index is 5.34. The molecule has 1 rings (SSSR count). The van der Waals surface area contributed by atoms with Crippen molar-refractivity contribution < 1.29 is 4.74 Å². The highest BCUT2D eigenvalue weighted by atomic mass is 16.5. The zero-order valence-electron chi connectivity index (χ0n) is 10.7. The molecule has 3 nitrogen and oxygen atoms in total. The normalized spacial score (nSPS) is 12.9. The number of rotatable bonds is 8. The Morgan fingerprint density at radius 3 is 2.81 bits per heavy atom. The highest BCUT2D eigenvalue weighted by molar-refractivity contribution is 5.15. The fourth-order valence-electron chi connectivity index (χ4n) is 1.86. The molecule has 0 aliphatic heterocycles. The van der Waals surface area contributed by atoms with E-state index < -0.39 is 0 Å². The summed E-state index contributed by atoms with van der Waals surface area (Å²) in [5.74, 6) is 0. The Bertz CT molecular complexity index is 283. The Hall–Kier alpha value is -0.800. The lowest BCUT2D eigenvalue weighted by Gasteiger charge is -2.13. The molecule has 0 fully saturated rings. The van der Waals surface area contributed by atoms with Gasteiger partial charge in [-0.15, -0.1) is 0 Å². The molecule has 1 atom stereocenters. The topological polar surface area (TPSA) is 26.2 Å². The summed E-state index contributed by atoms with van der Waals surface area (Å²) in [4.78, 5) is 0. The molecule has 1 unspecified atom stereocenters. The van der Waals surface area contributed by atoms with E-state index in [0.717, 1.165) is 32.7 Å². The van der Waals surface area contributed by atoms with Gasteiger partial charge in [0.05, 0.1) is 6.61 Å². The molecule has 3 heteroatoms. The number of hydrogen-bond donors (Lipinski definition) is 1. The second-order valence-corrected chi connectivity index (χ2v) is 3.90. The summed E-state index contributed by atoms with van der Waals surface area (Å²) in [5, 5.41) is 3.48. The predicted octanol–water partition coefficient (Wildman–Crippen LogP) is 2.59. The van der Waals surface area contributed by atoms with E-state index in [1.54, 1.807) is 0 Å². The van der Waals surface area contributed by atoms with E-state index in [4.69, 9.17) is 4.74 Å². The second kappa shape index (κ2) is 7.47. The molecule has 0 aliphatic rings. The molecule has 0 amide bonds. The van der Waals surface area contributed by atoms with Crippen LogP contribution in [0.3, 0.4) is 0 Å². The van der Waals surface area contributed by atoms with Crippen LogP contribution in [-0.4, -0.2) is 24.3 Å². The van der Waals surface area contributed by atoms with Crippen molar-refractivity contribution in [2.75, 3.05) is 19.8 Å². The molecule has 1 heterocycles. The molecule has 0 saturated carbocycles. The minimum Gasteiger partial charge on any atom is -0.380 e. The lowest BCUT2D eigenvalue weighted by molar-refractivity contribution is 0.139. The van der Waals surface area contributed by atoms with Crippen molar-refractivity contribution >= 4 is 0 Å². The third kappa shape index (κ3) is 3.99. The summed E-state index contributed by atoms with van der Waals surface area (Å²) >= 11 is 0. The summed E-state index contributed by atoms with van der Waals surface area (Å²) in [5.41, 5.74) is 1.38. The van der Waals surface area contributed by atoms with Gasteiger partial charge in [-0.05, 0) is 31.5 Å². The first-order valence-corrected chi connectivity index (χ1v) is 6.28. The zero-order chi connectivity index (χ0) is 11.8. The average molecular weight is 224 g/mol. The van der Waals surface area contributed by atoms with Gasteiger partial charge < -0.3 is 14.6 Å². The van der Waals surface area contributed by atoms with Gasteiger partial charge in [-0.2, -0.15) is 0 Å². The van der Waals surface area contributed by atoms with Gasteiger partial charge in [0.2, 0.25) is 0 Å². The SMILES string of the molecule is CCNC(CC)c1ccn(CCOCC)c1. The molecule has 0 aliphatic carbocycles. The van der Waals surface area contributed by atoms with Crippen molar-refractivity contribution in [2.45, 2.75) is 39.8 Å². The Balaban J connectivity index is 2.48. The highest BCUT2D eigenvalue weighted by Crippen LogP contribution is 2.16. The first-order chi connectivity index (χ1) is 7.81. The van der Waals surface area contributed by atoms with Crippen molar-refractivity contribution in [3.05, 3.63) is 24.0 Å². The maximum Gasteiger partial charge on any atom is 0.0645 e. The summed E-state index contributed by atoms with van der Waals surface area (Å²) < 4.78 is 7.54. The van der Waals surface area contributed by atoms with Gasteiger partial charge in [-0.25, -0.2) is 0 Å². The average Bonchev–Trinajstić information content (AvgIpc) is 2.75. The third-order valence-corrected chi connectivity index (χ3v) is 2.73.